The molecule has 2 heterocycles. The molecule has 0 atom stereocenters. The van der Waals surface area contributed by atoms with Gasteiger partial charge >= 0.3 is 0 Å². The van der Waals surface area contributed by atoms with Gasteiger partial charge in [0, 0.05) is 12.1 Å². The monoisotopic (exact) mass is 314 g/mol. The molecule has 23 heavy (non-hydrogen) atoms. The highest BCUT2D eigenvalue weighted by Crippen LogP contribution is 2.40. The minimum atomic E-state index is -0.265. The lowest BCUT2D eigenvalue weighted by Gasteiger charge is -2.22. The van der Waals surface area contributed by atoms with Crippen LogP contribution in [0.3, 0.4) is 0 Å². The minimum Gasteiger partial charge on any atom is -0.480 e. The molecule has 2 aromatic rings. The van der Waals surface area contributed by atoms with E-state index in [9.17, 15) is 4.79 Å². The van der Waals surface area contributed by atoms with E-state index < -0.39 is 0 Å². The Morgan fingerprint density at radius 3 is 2.74 bits per heavy atom. The number of nitrogens with zero attached hydrogens (tertiary/aromatic N) is 3. The summed E-state index contributed by atoms with van der Waals surface area (Å²) in [4.78, 5) is 16.8. The average Bonchev–Trinajstić information content (AvgIpc) is 3.24. The molecular weight excluding hydrogens is 292 g/mol. The van der Waals surface area contributed by atoms with Gasteiger partial charge in [-0.1, -0.05) is 0 Å². The molecule has 1 N–H and O–H groups in total. The number of nitrogens with one attached hydrogen (secondary N) is 1. The summed E-state index contributed by atoms with van der Waals surface area (Å²) in [7, 11) is 1.53. The predicted octanol–water partition coefficient (Wildman–Crippen LogP) is 3.17. The zero-order valence-electron chi connectivity index (χ0n) is 14.0. The summed E-state index contributed by atoms with van der Waals surface area (Å²) in [6.07, 6.45) is 3.93. The highest BCUT2D eigenvalue weighted by Gasteiger charge is 2.31. The van der Waals surface area contributed by atoms with Crippen LogP contribution >= 0.6 is 0 Å². The van der Waals surface area contributed by atoms with Crippen LogP contribution in [-0.4, -0.2) is 27.8 Å². The van der Waals surface area contributed by atoms with Gasteiger partial charge in [0.2, 0.25) is 5.88 Å². The fourth-order valence-corrected chi connectivity index (χ4v) is 2.49. The van der Waals surface area contributed by atoms with Gasteiger partial charge in [-0.15, -0.1) is 0 Å². The Balaban J connectivity index is 1.92. The van der Waals surface area contributed by atoms with Crippen molar-refractivity contribution in [2.75, 3.05) is 12.4 Å². The number of amides is 1. The number of aromatic nitrogens is 3. The Bertz CT molecular complexity index is 726. The van der Waals surface area contributed by atoms with Crippen molar-refractivity contribution in [1.29, 1.82) is 0 Å². The van der Waals surface area contributed by atoms with E-state index in [-0.39, 0.29) is 11.4 Å². The van der Waals surface area contributed by atoms with Crippen LogP contribution in [-0.2, 0) is 5.54 Å². The third-order valence-corrected chi connectivity index (χ3v) is 3.80. The number of rotatable bonds is 4. The van der Waals surface area contributed by atoms with Crippen molar-refractivity contribution in [2.45, 2.75) is 45.1 Å². The summed E-state index contributed by atoms with van der Waals surface area (Å²) in [6, 6.07) is 5.43. The molecule has 1 fully saturated rings. The van der Waals surface area contributed by atoms with Crippen LogP contribution in [0.25, 0.3) is 0 Å². The van der Waals surface area contributed by atoms with Gasteiger partial charge in [0.25, 0.3) is 5.91 Å². The summed E-state index contributed by atoms with van der Waals surface area (Å²) in [5.74, 6) is 0.689. The van der Waals surface area contributed by atoms with Crippen molar-refractivity contribution >= 4 is 11.6 Å². The van der Waals surface area contributed by atoms with Crippen molar-refractivity contribution in [3.8, 4) is 5.88 Å². The molecule has 6 heteroatoms. The Labute approximate surface area is 135 Å². The molecule has 122 valence electrons. The van der Waals surface area contributed by atoms with E-state index in [0.717, 1.165) is 18.5 Å². The van der Waals surface area contributed by atoms with E-state index in [1.807, 2.05) is 26.8 Å². The molecule has 0 saturated heterocycles. The molecule has 1 amide bonds. The van der Waals surface area contributed by atoms with E-state index in [2.05, 4.69) is 15.4 Å². The molecule has 0 aliphatic heterocycles. The van der Waals surface area contributed by atoms with Crippen LogP contribution in [0, 0.1) is 0 Å². The lowest BCUT2D eigenvalue weighted by Crippen LogP contribution is -2.29. The van der Waals surface area contributed by atoms with E-state index in [0.29, 0.717) is 23.2 Å². The zero-order chi connectivity index (χ0) is 16.6. The van der Waals surface area contributed by atoms with E-state index in [4.69, 9.17) is 4.74 Å². The Hall–Kier alpha value is -2.37. The maximum atomic E-state index is 12.8. The van der Waals surface area contributed by atoms with Gasteiger partial charge < -0.3 is 10.1 Å². The Morgan fingerprint density at radius 1 is 1.39 bits per heavy atom. The second-order valence-corrected chi connectivity index (χ2v) is 6.83. The van der Waals surface area contributed by atoms with Gasteiger partial charge in [-0.25, -0.2) is 4.98 Å². The lowest BCUT2D eigenvalue weighted by molar-refractivity contribution is 0.100. The molecule has 6 nitrogen and oxygen atoms in total. The van der Waals surface area contributed by atoms with Crippen molar-refractivity contribution in [3.63, 3.8) is 0 Å². The summed E-state index contributed by atoms with van der Waals surface area (Å²) < 4.78 is 6.99. The van der Waals surface area contributed by atoms with Gasteiger partial charge in [0.1, 0.15) is 11.4 Å². The molecule has 0 bridgehead atoms. The van der Waals surface area contributed by atoms with E-state index in [1.54, 1.807) is 23.0 Å². The van der Waals surface area contributed by atoms with Gasteiger partial charge in [-0.05, 0) is 51.8 Å². The molecular formula is C17H22N4O2. The second kappa shape index (κ2) is 5.68. The number of anilines is 1. The zero-order valence-corrected chi connectivity index (χ0v) is 14.0. The minimum absolute atomic E-state index is 0.203. The second-order valence-electron chi connectivity index (χ2n) is 6.83. The number of hydrogen-bond donors (Lipinski definition) is 1. The SMILES string of the molecule is COc1ncccc1NC(=O)c1cc(C2CC2)nn1C(C)(C)C. The number of pyridine rings is 1. The van der Waals surface area contributed by atoms with Crippen LogP contribution in [0.1, 0.15) is 55.7 Å². The number of ether oxygens (including phenoxy) is 1. The fourth-order valence-electron chi connectivity index (χ4n) is 2.49. The van der Waals surface area contributed by atoms with Crippen molar-refractivity contribution in [3.05, 3.63) is 35.8 Å². The topological polar surface area (TPSA) is 69.0 Å². The lowest BCUT2D eigenvalue weighted by atomic mass is 10.1. The molecule has 1 aliphatic rings. The molecule has 2 aromatic heterocycles. The average molecular weight is 314 g/mol. The summed E-state index contributed by atoms with van der Waals surface area (Å²) in [5.41, 5.74) is 1.85. The summed E-state index contributed by atoms with van der Waals surface area (Å²) in [5, 5.41) is 7.53. The first kappa shape index (κ1) is 15.5. The Morgan fingerprint density at radius 2 is 2.13 bits per heavy atom. The quantitative estimate of drug-likeness (QED) is 0.941. The molecule has 0 unspecified atom stereocenters. The predicted molar refractivity (Wildman–Crippen MR) is 87.9 cm³/mol. The highest BCUT2D eigenvalue weighted by atomic mass is 16.5. The number of methoxy groups -OCH3 is 1. The fraction of sp³-hybridized carbons (Fsp3) is 0.471. The van der Waals surface area contributed by atoms with Crippen molar-refractivity contribution in [1.82, 2.24) is 14.8 Å². The molecule has 0 spiro atoms. The number of carbonyl (C=O) groups is 1. The van der Waals surface area contributed by atoms with Gasteiger partial charge in [-0.2, -0.15) is 5.10 Å². The van der Waals surface area contributed by atoms with Crippen molar-refractivity contribution in [2.24, 2.45) is 0 Å². The first-order valence-corrected chi connectivity index (χ1v) is 7.81. The molecule has 0 radical (unpaired) electrons. The highest BCUT2D eigenvalue weighted by molar-refractivity contribution is 6.03. The summed E-state index contributed by atoms with van der Waals surface area (Å²) in [6.45, 7) is 6.12. The standard InChI is InChI=1S/C17H22N4O2/c1-17(2,3)21-14(10-13(20-21)11-7-8-11)15(22)19-12-6-5-9-18-16(12)23-4/h5-6,9-11H,7-8H2,1-4H3,(H,19,22). The van der Waals surface area contributed by atoms with Crippen LogP contribution in [0.2, 0.25) is 0 Å². The molecule has 1 saturated carbocycles. The smallest absolute Gasteiger partial charge is 0.274 e. The van der Waals surface area contributed by atoms with Crippen molar-refractivity contribution < 1.29 is 9.53 Å². The third-order valence-electron chi connectivity index (χ3n) is 3.80. The molecule has 0 aromatic carbocycles. The van der Waals surface area contributed by atoms with Crippen LogP contribution in [0.5, 0.6) is 5.88 Å². The largest absolute Gasteiger partial charge is 0.480 e. The van der Waals surface area contributed by atoms with Gasteiger partial charge in [-0.3, -0.25) is 9.48 Å². The van der Waals surface area contributed by atoms with Crippen LogP contribution in [0.4, 0.5) is 5.69 Å². The first-order chi connectivity index (χ1) is 10.9. The summed E-state index contributed by atoms with van der Waals surface area (Å²) >= 11 is 0. The van der Waals surface area contributed by atoms with E-state index >= 15 is 0 Å². The Kier molecular flexibility index (Phi) is 3.83. The third kappa shape index (κ3) is 3.21. The maximum Gasteiger partial charge on any atom is 0.274 e. The van der Waals surface area contributed by atoms with Gasteiger partial charge in [0.15, 0.2) is 0 Å². The normalized spacial score (nSPS) is 14.6. The van der Waals surface area contributed by atoms with E-state index in [1.165, 1.54) is 7.11 Å². The molecule has 3 rings (SSSR count). The molecule has 1 aliphatic carbocycles. The number of hydrogen-bond acceptors (Lipinski definition) is 4. The first-order valence-electron chi connectivity index (χ1n) is 7.81. The van der Waals surface area contributed by atoms with Gasteiger partial charge in [0.05, 0.1) is 18.3 Å². The van der Waals surface area contributed by atoms with Crippen LogP contribution < -0.4 is 10.1 Å². The maximum absolute atomic E-state index is 12.8. The number of carbonyl (C=O) groups excluding carboxylic acids is 1. The van der Waals surface area contributed by atoms with Crippen LogP contribution in [0.15, 0.2) is 24.4 Å².